The highest BCUT2D eigenvalue weighted by Gasteiger charge is 2.16. The normalized spacial score (nSPS) is 10.0. The Morgan fingerprint density at radius 3 is 2.10 bits per heavy atom. The highest BCUT2D eigenvalue weighted by molar-refractivity contribution is 6.40. The van der Waals surface area contributed by atoms with E-state index in [1.807, 2.05) is 0 Å². The molecule has 0 aliphatic carbocycles. The fourth-order valence-corrected chi connectivity index (χ4v) is 2.15. The summed E-state index contributed by atoms with van der Waals surface area (Å²) >= 11 is 11.7. The van der Waals surface area contributed by atoms with Gasteiger partial charge < -0.3 is 5.32 Å². The maximum absolute atomic E-state index is 12.7. The van der Waals surface area contributed by atoms with Crippen LogP contribution >= 0.6 is 23.2 Å². The van der Waals surface area contributed by atoms with Gasteiger partial charge in [-0.05, 0) is 36.4 Å². The van der Waals surface area contributed by atoms with E-state index in [0.717, 1.165) is 0 Å². The van der Waals surface area contributed by atoms with E-state index in [0.29, 0.717) is 5.69 Å². The zero-order chi connectivity index (χ0) is 15.4. The van der Waals surface area contributed by atoms with Crippen LogP contribution in [0.1, 0.15) is 10.4 Å². The lowest BCUT2D eigenvalue weighted by Gasteiger charge is -2.08. The predicted octanol–water partition coefficient (Wildman–Crippen LogP) is 4.09. The van der Waals surface area contributed by atoms with E-state index >= 15 is 0 Å². The molecule has 2 aromatic rings. The molecule has 2 rings (SSSR count). The Kier molecular flexibility index (Phi) is 4.77. The summed E-state index contributed by atoms with van der Waals surface area (Å²) in [7, 11) is 0. The average Bonchev–Trinajstić information content (AvgIpc) is 2.41. The molecule has 2 N–H and O–H groups in total. The number of hydrogen-bond acceptors (Lipinski definition) is 2. The van der Waals surface area contributed by atoms with Gasteiger partial charge in [-0.2, -0.15) is 0 Å². The Morgan fingerprint density at radius 1 is 0.952 bits per heavy atom. The van der Waals surface area contributed by atoms with E-state index in [9.17, 15) is 14.0 Å². The molecule has 0 bridgehead atoms. The quantitative estimate of drug-likeness (QED) is 0.873. The molecule has 3 amide bonds. The minimum atomic E-state index is -0.775. The molecule has 7 heteroatoms. The Bertz CT molecular complexity index is 670. The van der Waals surface area contributed by atoms with Crippen molar-refractivity contribution in [2.45, 2.75) is 0 Å². The summed E-state index contributed by atoms with van der Waals surface area (Å²) in [6, 6.07) is 8.87. The van der Waals surface area contributed by atoms with Gasteiger partial charge >= 0.3 is 6.03 Å². The number of urea groups is 1. The molecule has 0 aliphatic rings. The van der Waals surface area contributed by atoms with Crippen LogP contribution in [0.5, 0.6) is 0 Å². The number of nitrogens with one attached hydrogen (secondary N) is 2. The molecule has 0 radical (unpaired) electrons. The average molecular weight is 327 g/mol. The van der Waals surface area contributed by atoms with E-state index in [4.69, 9.17) is 23.2 Å². The van der Waals surface area contributed by atoms with Gasteiger partial charge in [-0.3, -0.25) is 10.1 Å². The van der Waals surface area contributed by atoms with Gasteiger partial charge in [0.15, 0.2) is 0 Å². The van der Waals surface area contributed by atoms with Gasteiger partial charge in [-0.15, -0.1) is 0 Å². The monoisotopic (exact) mass is 326 g/mol. The van der Waals surface area contributed by atoms with Gasteiger partial charge in [-0.25, -0.2) is 9.18 Å². The van der Waals surface area contributed by atoms with Gasteiger partial charge in [0.1, 0.15) is 5.82 Å². The van der Waals surface area contributed by atoms with Crippen molar-refractivity contribution >= 4 is 40.8 Å². The third-order valence-corrected chi connectivity index (χ3v) is 3.15. The third kappa shape index (κ3) is 3.93. The number of anilines is 1. The number of amides is 3. The van der Waals surface area contributed by atoms with Crippen LogP contribution in [0.4, 0.5) is 14.9 Å². The highest BCUT2D eigenvalue weighted by atomic mass is 35.5. The Morgan fingerprint density at radius 2 is 1.52 bits per heavy atom. The minimum Gasteiger partial charge on any atom is -0.308 e. The van der Waals surface area contributed by atoms with Crippen molar-refractivity contribution in [3.8, 4) is 0 Å². The molecule has 0 aliphatic heterocycles. The lowest BCUT2D eigenvalue weighted by atomic mass is 10.2. The molecule has 108 valence electrons. The minimum absolute atomic E-state index is 0.00934. The van der Waals surface area contributed by atoms with Crippen LogP contribution in [0.25, 0.3) is 0 Å². The molecule has 0 spiro atoms. The number of halogens is 3. The molecule has 0 aromatic heterocycles. The van der Waals surface area contributed by atoms with Gasteiger partial charge in [0.2, 0.25) is 0 Å². The highest BCUT2D eigenvalue weighted by Crippen LogP contribution is 2.23. The van der Waals surface area contributed by atoms with Crippen molar-refractivity contribution in [1.82, 2.24) is 5.32 Å². The Hall–Kier alpha value is -2.11. The number of imide groups is 1. The zero-order valence-electron chi connectivity index (χ0n) is 10.5. The molecule has 2 aromatic carbocycles. The first-order valence-corrected chi connectivity index (χ1v) is 6.55. The number of carbonyl (C=O) groups is 2. The molecule has 0 fully saturated rings. The lowest BCUT2D eigenvalue weighted by molar-refractivity contribution is 0.0967. The summed E-state index contributed by atoms with van der Waals surface area (Å²) in [6.07, 6.45) is 0. The van der Waals surface area contributed by atoms with Crippen molar-refractivity contribution in [1.29, 1.82) is 0 Å². The summed E-state index contributed by atoms with van der Waals surface area (Å²) in [5, 5.41) is 4.74. The third-order valence-electron chi connectivity index (χ3n) is 2.52. The standard InChI is InChI=1S/C14H9Cl2FN2O2/c15-10-2-1-3-11(16)12(10)13(20)19-14(21)18-9-6-4-8(17)5-7-9/h1-7H,(H2,18,19,20,21). The second-order valence-corrected chi connectivity index (χ2v) is 4.83. The topological polar surface area (TPSA) is 58.2 Å². The van der Waals surface area contributed by atoms with Crippen LogP contribution in [-0.4, -0.2) is 11.9 Å². The Labute approximate surface area is 129 Å². The summed E-state index contributed by atoms with van der Waals surface area (Å²) in [5.41, 5.74) is 0.349. The molecular weight excluding hydrogens is 318 g/mol. The first kappa shape index (κ1) is 15.3. The van der Waals surface area contributed by atoms with E-state index in [1.165, 1.54) is 36.4 Å². The predicted molar refractivity (Wildman–Crippen MR) is 79.3 cm³/mol. The first-order chi connectivity index (χ1) is 9.97. The molecular formula is C14H9Cl2FN2O2. The van der Waals surface area contributed by atoms with Gasteiger partial charge in [0.05, 0.1) is 15.6 Å². The van der Waals surface area contributed by atoms with E-state index in [2.05, 4.69) is 10.6 Å². The summed E-state index contributed by atoms with van der Waals surface area (Å²) in [6.45, 7) is 0. The molecule has 0 unspecified atom stereocenters. The van der Waals surface area contributed by atoms with E-state index in [1.54, 1.807) is 6.07 Å². The smallest absolute Gasteiger partial charge is 0.308 e. The van der Waals surface area contributed by atoms with Gasteiger partial charge in [0, 0.05) is 5.69 Å². The number of hydrogen-bond donors (Lipinski definition) is 2. The fourth-order valence-electron chi connectivity index (χ4n) is 1.58. The van der Waals surface area contributed by atoms with Gasteiger partial charge in [-0.1, -0.05) is 29.3 Å². The van der Waals surface area contributed by atoms with E-state index < -0.39 is 17.8 Å². The zero-order valence-corrected chi connectivity index (χ0v) is 12.0. The molecule has 0 heterocycles. The second-order valence-electron chi connectivity index (χ2n) is 4.01. The van der Waals surface area contributed by atoms with Crippen molar-refractivity contribution in [3.63, 3.8) is 0 Å². The molecule has 21 heavy (non-hydrogen) atoms. The van der Waals surface area contributed by atoms with E-state index in [-0.39, 0.29) is 15.6 Å². The summed E-state index contributed by atoms with van der Waals surface area (Å²) in [4.78, 5) is 23.6. The SMILES string of the molecule is O=C(NC(=O)c1c(Cl)cccc1Cl)Nc1ccc(F)cc1. The number of carbonyl (C=O) groups excluding carboxylic acids is 2. The molecule has 0 saturated carbocycles. The van der Waals surface area contributed by atoms with Crippen molar-refractivity contribution in [3.05, 3.63) is 63.9 Å². The summed E-state index contributed by atoms with van der Waals surface area (Å²) < 4.78 is 12.7. The lowest BCUT2D eigenvalue weighted by Crippen LogP contribution is -2.34. The van der Waals surface area contributed by atoms with Crippen molar-refractivity contribution < 1.29 is 14.0 Å². The van der Waals surface area contributed by atoms with Crippen LogP contribution < -0.4 is 10.6 Å². The molecule has 4 nitrogen and oxygen atoms in total. The molecule has 0 saturated heterocycles. The Balaban J connectivity index is 2.06. The number of benzene rings is 2. The van der Waals surface area contributed by atoms with Crippen LogP contribution in [0.15, 0.2) is 42.5 Å². The van der Waals surface area contributed by atoms with Crippen LogP contribution in [0, 0.1) is 5.82 Å². The van der Waals surface area contributed by atoms with Crippen molar-refractivity contribution in [2.75, 3.05) is 5.32 Å². The fraction of sp³-hybridized carbons (Fsp3) is 0. The molecule has 0 atom stereocenters. The van der Waals surface area contributed by atoms with Crippen LogP contribution in [0.2, 0.25) is 10.0 Å². The summed E-state index contributed by atoms with van der Waals surface area (Å²) in [5.74, 6) is -1.16. The number of rotatable bonds is 2. The van der Waals surface area contributed by atoms with Crippen LogP contribution in [-0.2, 0) is 0 Å². The van der Waals surface area contributed by atoms with Crippen molar-refractivity contribution in [2.24, 2.45) is 0 Å². The maximum Gasteiger partial charge on any atom is 0.326 e. The largest absolute Gasteiger partial charge is 0.326 e. The maximum atomic E-state index is 12.7. The van der Waals surface area contributed by atoms with Gasteiger partial charge in [0.25, 0.3) is 5.91 Å². The second kappa shape index (κ2) is 6.56. The first-order valence-electron chi connectivity index (χ1n) is 5.79. The van der Waals surface area contributed by atoms with Crippen LogP contribution in [0.3, 0.4) is 0 Å².